The highest BCUT2D eigenvalue weighted by molar-refractivity contribution is 6.67. The number of nitrogens with two attached hydrogens (primary N) is 1. The molecule has 0 atom stereocenters. The second kappa shape index (κ2) is 24.1. The summed E-state index contributed by atoms with van der Waals surface area (Å²) in [5.74, 6) is -0.951. The van der Waals surface area contributed by atoms with E-state index in [2.05, 4.69) is 31.0 Å². The third-order valence-electron chi connectivity index (χ3n) is 7.61. The Morgan fingerprint density at radius 1 is 0.694 bits per heavy atom. The van der Waals surface area contributed by atoms with Crippen LogP contribution < -0.4 is 11.1 Å². The molecule has 3 N–H and O–H groups in total. The molecule has 49 heavy (non-hydrogen) atoms. The minimum atomic E-state index is -0.569. The molecule has 0 radical (unpaired) electrons. The first-order chi connectivity index (χ1) is 23.3. The lowest BCUT2D eigenvalue weighted by Gasteiger charge is -2.13. The van der Waals surface area contributed by atoms with Gasteiger partial charge in [-0.1, -0.05) is 57.2 Å². The smallest absolute Gasteiger partial charge is 0.255 e. The molecule has 1 saturated heterocycles. The van der Waals surface area contributed by atoms with E-state index in [1.807, 2.05) is 64.1 Å². The van der Waals surface area contributed by atoms with Crippen molar-refractivity contribution >= 4 is 34.1 Å². The van der Waals surface area contributed by atoms with Crippen molar-refractivity contribution in [3.8, 4) is 0 Å². The van der Waals surface area contributed by atoms with E-state index in [0.29, 0.717) is 11.1 Å². The zero-order chi connectivity index (χ0) is 36.8. The van der Waals surface area contributed by atoms with Crippen LogP contribution in [0.3, 0.4) is 0 Å². The minimum absolute atomic E-state index is 0.229. The van der Waals surface area contributed by atoms with Crippen LogP contribution in [0.4, 0.5) is 20.2 Å². The van der Waals surface area contributed by atoms with Crippen LogP contribution >= 0.6 is 11.6 Å². The summed E-state index contributed by atoms with van der Waals surface area (Å²) in [5.41, 5.74) is 12.5. The molecule has 4 aromatic carbocycles. The number of para-hydroxylation sites is 2. The van der Waals surface area contributed by atoms with E-state index >= 15 is 0 Å². The number of hydrogen-bond acceptors (Lipinski definition) is 5. The van der Waals surface area contributed by atoms with Crippen molar-refractivity contribution in [3.05, 3.63) is 130 Å². The first-order valence-electron chi connectivity index (χ1n) is 16.5. The highest BCUT2D eigenvalue weighted by Crippen LogP contribution is 2.20. The molecule has 0 unspecified atom stereocenters. The van der Waals surface area contributed by atoms with Gasteiger partial charge in [0.25, 0.3) is 11.1 Å². The molecule has 0 spiro atoms. The lowest BCUT2D eigenvalue weighted by Crippen LogP contribution is -2.21. The maximum atomic E-state index is 12.8. The molecule has 0 aliphatic carbocycles. The van der Waals surface area contributed by atoms with Gasteiger partial charge in [0.05, 0.1) is 0 Å². The number of halogens is 3. The van der Waals surface area contributed by atoms with Crippen molar-refractivity contribution in [3.63, 3.8) is 0 Å². The van der Waals surface area contributed by atoms with Crippen molar-refractivity contribution in [1.82, 2.24) is 4.90 Å². The molecule has 5 rings (SSSR count). The van der Waals surface area contributed by atoms with Crippen molar-refractivity contribution in [1.29, 1.82) is 0 Å². The van der Waals surface area contributed by atoms with E-state index in [1.54, 1.807) is 0 Å². The maximum absolute atomic E-state index is 12.8. The van der Waals surface area contributed by atoms with E-state index in [0.717, 1.165) is 46.8 Å². The monoisotopic (exact) mass is 695 g/mol. The quantitative estimate of drug-likeness (QED) is 0.155. The van der Waals surface area contributed by atoms with Crippen molar-refractivity contribution in [2.45, 2.75) is 61.3 Å². The summed E-state index contributed by atoms with van der Waals surface area (Å²) in [7, 11) is 0. The van der Waals surface area contributed by atoms with Crippen LogP contribution in [0, 0.1) is 39.3 Å². The molecule has 0 bridgehead atoms. The molecule has 1 aliphatic rings. The van der Waals surface area contributed by atoms with Crippen LogP contribution in [0.25, 0.3) is 0 Å². The Morgan fingerprint density at radius 2 is 1.08 bits per heavy atom. The van der Waals surface area contributed by atoms with E-state index in [-0.39, 0.29) is 17.5 Å². The zero-order valence-electron chi connectivity index (χ0n) is 29.9. The van der Waals surface area contributed by atoms with Gasteiger partial charge in [-0.05, 0) is 143 Å². The predicted octanol–water partition coefficient (Wildman–Crippen LogP) is 9.93. The maximum Gasteiger partial charge on any atom is 0.255 e. The van der Waals surface area contributed by atoms with Crippen LogP contribution in [0.5, 0.6) is 0 Å². The van der Waals surface area contributed by atoms with Gasteiger partial charge in [0, 0.05) is 35.7 Å². The van der Waals surface area contributed by atoms with Gasteiger partial charge in [-0.3, -0.25) is 9.59 Å². The molecule has 0 aromatic heterocycles. The van der Waals surface area contributed by atoms with Gasteiger partial charge in [0.15, 0.2) is 0 Å². The third-order valence-corrected chi connectivity index (χ3v) is 7.83. The first-order valence-corrected chi connectivity index (χ1v) is 16.9. The van der Waals surface area contributed by atoms with Crippen LogP contribution in [-0.4, -0.2) is 48.9 Å². The number of nitrogens with one attached hydrogen (secondary N) is 1. The summed E-state index contributed by atoms with van der Waals surface area (Å²) in [4.78, 5) is 24.8. The molecule has 9 heteroatoms. The number of carbonyl (C=O) groups is 2. The molecule has 4 aromatic rings. The standard InChI is InChI=1S/C15H14FNO.C8H11N.C7H4ClFO.C6H15N.C4H8O/c1-10-4-3-5-11(2)14(10)17-15(18)12-6-8-13(16)9-7-12;1-6-4-3-5-7(2)8(6)9;8-7(10)5-1-3-6(9)4-2-5;1-4-7(5-2)6-3;1-2-4-5-3-1/h3-9H,1-2H3,(H,17,18);3-5H,9H2,1-2H3;1-4H;4-6H2,1-3H3;1-4H2. The fourth-order valence-electron chi connectivity index (χ4n) is 4.39. The van der Waals surface area contributed by atoms with Gasteiger partial charge in [-0.15, -0.1) is 0 Å². The van der Waals surface area contributed by atoms with Gasteiger partial charge < -0.3 is 20.7 Å². The SMILES string of the molecule is C1CCOC1.CCN(CC)CC.Cc1cccc(C)c1N.Cc1cccc(C)c1NC(=O)c1ccc(F)cc1.O=C(Cl)c1ccc(F)cc1. The van der Waals surface area contributed by atoms with Crippen molar-refractivity contribution in [2.75, 3.05) is 43.9 Å². The van der Waals surface area contributed by atoms with Gasteiger partial charge >= 0.3 is 0 Å². The van der Waals surface area contributed by atoms with Crippen molar-refractivity contribution in [2.24, 2.45) is 0 Å². The van der Waals surface area contributed by atoms with Gasteiger partial charge in [-0.25, -0.2) is 8.78 Å². The molecule has 0 saturated carbocycles. The Labute approximate surface area is 296 Å². The summed E-state index contributed by atoms with van der Waals surface area (Å²) in [6.45, 7) is 20.0. The second-order valence-electron chi connectivity index (χ2n) is 11.3. The summed E-state index contributed by atoms with van der Waals surface area (Å²) >= 11 is 5.09. The van der Waals surface area contributed by atoms with E-state index < -0.39 is 5.24 Å². The summed E-state index contributed by atoms with van der Waals surface area (Å²) in [6.07, 6.45) is 2.56. The number of aryl methyl sites for hydroxylation is 4. The summed E-state index contributed by atoms with van der Waals surface area (Å²) in [5, 5.41) is 2.28. The second-order valence-corrected chi connectivity index (χ2v) is 11.6. The Balaban J connectivity index is 0.000000331. The molecule has 1 fully saturated rings. The predicted molar refractivity (Wildman–Crippen MR) is 201 cm³/mol. The van der Waals surface area contributed by atoms with Crippen LogP contribution in [0.1, 0.15) is 76.6 Å². The first kappa shape index (κ1) is 42.9. The average molecular weight is 696 g/mol. The Bertz CT molecular complexity index is 1490. The number of nitrogen functional groups attached to an aromatic ring is 1. The normalized spacial score (nSPS) is 11.3. The van der Waals surface area contributed by atoms with Crippen LogP contribution in [-0.2, 0) is 4.74 Å². The van der Waals surface area contributed by atoms with Crippen LogP contribution in [0.2, 0.25) is 0 Å². The molecule has 1 amide bonds. The lowest BCUT2D eigenvalue weighted by atomic mass is 10.1. The summed E-state index contributed by atoms with van der Waals surface area (Å²) in [6, 6.07) is 22.4. The largest absolute Gasteiger partial charge is 0.398 e. The Kier molecular flexibility index (Phi) is 21.1. The van der Waals surface area contributed by atoms with Gasteiger partial charge in [-0.2, -0.15) is 0 Å². The highest BCUT2D eigenvalue weighted by Gasteiger charge is 2.09. The molecule has 266 valence electrons. The molecule has 6 nitrogen and oxygen atoms in total. The number of ether oxygens (including phenoxy) is 1. The Morgan fingerprint density at radius 3 is 1.39 bits per heavy atom. The Hall–Kier alpha value is -4.11. The number of carbonyl (C=O) groups excluding carboxylic acids is 2. The number of nitrogens with zero attached hydrogens (tertiary/aromatic N) is 1. The number of hydrogen-bond donors (Lipinski definition) is 2. The third kappa shape index (κ3) is 17.2. The summed E-state index contributed by atoms with van der Waals surface area (Å²) < 4.78 is 29.9. The number of anilines is 2. The zero-order valence-corrected chi connectivity index (χ0v) is 30.7. The van der Waals surface area contributed by atoms with Gasteiger partial charge in [0.2, 0.25) is 0 Å². The fourth-order valence-corrected chi connectivity index (χ4v) is 4.51. The average Bonchev–Trinajstić information content (AvgIpc) is 3.68. The molecule has 1 heterocycles. The molecular weight excluding hydrogens is 644 g/mol. The fraction of sp³-hybridized carbons (Fsp3) is 0.350. The number of rotatable bonds is 6. The molecule has 1 aliphatic heterocycles. The molecular formula is C40H52ClF2N3O3. The topological polar surface area (TPSA) is 84.7 Å². The van der Waals surface area contributed by atoms with Crippen molar-refractivity contribution < 1.29 is 23.1 Å². The van der Waals surface area contributed by atoms with E-state index in [9.17, 15) is 18.4 Å². The lowest BCUT2D eigenvalue weighted by molar-refractivity contribution is 0.102. The van der Waals surface area contributed by atoms with Gasteiger partial charge in [0.1, 0.15) is 11.6 Å². The number of amides is 1. The minimum Gasteiger partial charge on any atom is -0.398 e. The number of benzene rings is 4. The highest BCUT2D eigenvalue weighted by atomic mass is 35.5. The van der Waals surface area contributed by atoms with E-state index in [4.69, 9.17) is 22.1 Å². The van der Waals surface area contributed by atoms with Crippen LogP contribution in [0.15, 0.2) is 84.9 Å². The van der Waals surface area contributed by atoms with E-state index in [1.165, 1.54) is 81.0 Å².